The van der Waals surface area contributed by atoms with Crippen LogP contribution in [0.3, 0.4) is 0 Å². The van der Waals surface area contributed by atoms with Crippen LogP contribution in [0.15, 0.2) is 36.4 Å². The van der Waals surface area contributed by atoms with Crippen molar-refractivity contribution in [1.29, 1.82) is 0 Å². The normalized spacial score (nSPS) is 10.2. The zero-order valence-corrected chi connectivity index (χ0v) is 14.4. The Morgan fingerprint density at radius 3 is 2.42 bits per heavy atom. The molecule has 0 aromatic heterocycles. The molecule has 0 bridgehead atoms. The van der Waals surface area contributed by atoms with Crippen LogP contribution in [0, 0.1) is 13.8 Å². The number of ether oxygens (including phenoxy) is 2. The minimum atomic E-state index is -0.605. The van der Waals surface area contributed by atoms with Gasteiger partial charge in [0.05, 0.1) is 17.9 Å². The van der Waals surface area contributed by atoms with E-state index in [1.54, 1.807) is 44.2 Å². The van der Waals surface area contributed by atoms with E-state index in [2.05, 4.69) is 5.32 Å². The fraction of sp³-hybridized carbons (Fsp3) is 0.222. The number of hydrogen-bond donors (Lipinski definition) is 1. The number of aryl methyl sites for hydroxylation is 2. The monoisotopic (exact) mass is 347 g/mol. The van der Waals surface area contributed by atoms with E-state index in [9.17, 15) is 9.59 Å². The van der Waals surface area contributed by atoms with E-state index in [1.165, 1.54) is 0 Å². The maximum Gasteiger partial charge on any atom is 0.411 e. The molecule has 0 saturated heterocycles. The molecule has 24 heavy (non-hydrogen) atoms. The summed E-state index contributed by atoms with van der Waals surface area (Å²) in [7, 11) is 0. The SMILES string of the molecule is CCOC(=O)Nc1cc(C)cc(C)c1OC(=O)c1ccc(Cl)cc1. The lowest BCUT2D eigenvalue weighted by Crippen LogP contribution is -2.16. The van der Waals surface area contributed by atoms with E-state index in [4.69, 9.17) is 21.1 Å². The van der Waals surface area contributed by atoms with Gasteiger partial charge in [0.2, 0.25) is 0 Å². The Bertz CT molecular complexity index is 756. The Morgan fingerprint density at radius 1 is 1.12 bits per heavy atom. The summed E-state index contributed by atoms with van der Waals surface area (Å²) in [5, 5.41) is 3.13. The molecule has 5 nitrogen and oxygen atoms in total. The van der Waals surface area contributed by atoms with Gasteiger partial charge in [0.1, 0.15) is 0 Å². The van der Waals surface area contributed by atoms with Crippen molar-refractivity contribution in [3.8, 4) is 5.75 Å². The minimum Gasteiger partial charge on any atom is -0.450 e. The smallest absolute Gasteiger partial charge is 0.411 e. The number of benzene rings is 2. The van der Waals surface area contributed by atoms with Gasteiger partial charge in [-0.3, -0.25) is 5.32 Å². The number of esters is 1. The molecule has 6 heteroatoms. The average Bonchev–Trinajstić information content (AvgIpc) is 2.51. The maximum atomic E-state index is 12.3. The van der Waals surface area contributed by atoms with Crippen molar-refractivity contribution in [2.75, 3.05) is 11.9 Å². The first-order valence-electron chi connectivity index (χ1n) is 7.43. The fourth-order valence-corrected chi connectivity index (χ4v) is 2.32. The van der Waals surface area contributed by atoms with E-state index in [0.29, 0.717) is 16.3 Å². The summed E-state index contributed by atoms with van der Waals surface area (Å²) >= 11 is 5.82. The highest BCUT2D eigenvalue weighted by Gasteiger charge is 2.16. The summed E-state index contributed by atoms with van der Waals surface area (Å²) in [4.78, 5) is 24.0. The van der Waals surface area contributed by atoms with E-state index >= 15 is 0 Å². The lowest BCUT2D eigenvalue weighted by Gasteiger charge is -2.15. The Balaban J connectivity index is 2.29. The molecule has 126 valence electrons. The molecule has 0 unspecified atom stereocenters. The number of amides is 1. The molecule has 2 aromatic rings. The van der Waals surface area contributed by atoms with Gasteiger partial charge in [0, 0.05) is 5.02 Å². The van der Waals surface area contributed by atoms with Crippen LogP contribution in [0.1, 0.15) is 28.4 Å². The standard InChI is InChI=1S/C18H18ClNO4/c1-4-23-18(22)20-15-10-11(2)9-12(3)16(15)24-17(21)13-5-7-14(19)8-6-13/h5-10H,4H2,1-3H3,(H,20,22). The molecule has 0 heterocycles. The summed E-state index contributed by atoms with van der Waals surface area (Å²) in [6.07, 6.45) is -0.605. The van der Waals surface area contributed by atoms with Crippen molar-refractivity contribution in [2.24, 2.45) is 0 Å². The molecular weight excluding hydrogens is 330 g/mol. The third-order valence-electron chi connectivity index (χ3n) is 3.21. The van der Waals surface area contributed by atoms with E-state index < -0.39 is 12.1 Å². The summed E-state index contributed by atoms with van der Waals surface area (Å²) < 4.78 is 10.4. The molecule has 0 aliphatic carbocycles. The number of carbonyl (C=O) groups is 2. The number of anilines is 1. The van der Waals surface area contributed by atoms with Crippen molar-refractivity contribution < 1.29 is 19.1 Å². The number of nitrogens with one attached hydrogen (secondary N) is 1. The van der Waals surface area contributed by atoms with Crippen molar-refractivity contribution in [3.63, 3.8) is 0 Å². The molecule has 0 aliphatic rings. The van der Waals surface area contributed by atoms with E-state index in [-0.39, 0.29) is 12.4 Å². The highest BCUT2D eigenvalue weighted by molar-refractivity contribution is 6.30. The average molecular weight is 348 g/mol. The lowest BCUT2D eigenvalue weighted by atomic mass is 10.1. The van der Waals surface area contributed by atoms with Crippen LogP contribution in [0.5, 0.6) is 5.75 Å². The Kier molecular flexibility index (Phi) is 5.82. The second-order valence-electron chi connectivity index (χ2n) is 5.20. The van der Waals surface area contributed by atoms with Crippen LogP contribution in [0.25, 0.3) is 0 Å². The highest BCUT2D eigenvalue weighted by atomic mass is 35.5. The van der Waals surface area contributed by atoms with Gasteiger partial charge in [0.15, 0.2) is 5.75 Å². The molecule has 0 fully saturated rings. The second kappa shape index (κ2) is 7.84. The molecule has 0 spiro atoms. The van der Waals surface area contributed by atoms with Crippen LogP contribution in [0.4, 0.5) is 10.5 Å². The first-order valence-corrected chi connectivity index (χ1v) is 7.81. The predicted octanol–water partition coefficient (Wildman–Crippen LogP) is 4.74. The number of rotatable bonds is 4. The van der Waals surface area contributed by atoms with Crippen molar-refractivity contribution in [2.45, 2.75) is 20.8 Å². The number of halogens is 1. The third kappa shape index (κ3) is 4.49. The lowest BCUT2D eigenvalue weighted by molar-refractivity contribution is 0.0734. The van der Waals surface area contributed by atoms with Gasteiger partial charge in [-0.25, -0.2) is 9.59 Å². The first kappa shape index (κ1) is 17.8. The summed E-state index contributed by atoms with van der Waals surface area (Å²) in [6.45, 7) is 5.64. The molecule has 0 saturated carbocycles. The van der Waals surface area contributed by atoms with Gasteiger partial charge in [-0.2, -0.15) is 0 Å². The van der Waals surface area contributed by atoms with E-state index in [1.807, 2.05) is 13.0 Å². The summed E-state index contributed by atoms with van der Waals surface area (Å²) in [5.41, 5.74) is 2.39. The fourth-order valence-electron chi connectivity index (χ4n) is 2.20. The van der Waals surface area contributed by atoms with Crippen LogP contribution >= 0.6 is 11.6 Å². The quantitative estimate of drug-likeness (QED) is 0.640. The Labute approximate surface area is 145 Å². The highest BCUT2D eigenvalue weighted by Crippen LogP contribution is 2.31. The molecule has 2 rings (SSSR count). The van der Waals surface area contributed by atoms with Gasteiger partial charge >= 0.3 is 12.1 Å². The largest absolute Gasteiger partial charge is 0.450 e. The van der Waals surface area contributed by atoms with Crippen LogP contribution in [0.2, 0.25) is 5.02 Å². The maximum absolute atomic E-state index is 12.3. The number of hydrogen-bond acceptors (Lipinski definition) is 4. The zero-order chi connectivity index (χ0) is 17.7. The molecule has 0 atom stereocenters. The molecule has 1 N–H and O–H groups in total. The Morgan fingerprint density at radius 2 is 1.79 bits per heavy atom. The van der Waals surface area contributed by atoms with Gasteiger partial charge in [-0.15, -0.1) is 0 Å². The molecule has 2 aromatic carbocycles. The molecular formula is C18H18ClNO4. The molecule has 1 amide bonds. The Hall–Kier alpha value is -2.53. The predicted molar refractivity (Wildman–Crippen MR) is 93.0 cm³/mol. The summed E-state index contributed by atoms with van der Waals surface area (Å²) in [6, 6.07) is 9.95. The zero-order valence-electron chi connectivity index (χ0n) is 13.7. The van der Waals surface area contributed by atoms with Crippen LogP contribution in [-0.2, 0) is 4.74 Å². The van der Waals surface area contributed by atoms with Crippen LogP contribution in [-0.4, -0.2) is 18.7 Å². The topological polar surface area (TPSA) is 64.6 Å². The van der Waals surface area contributed by atoms with Crippen LogP contribution < -0.4 is 10.1 Å². The van der Waals surface area contributed by atoms with Crippen molar-refractivity contribution in [3.05, 3.63) is 58.1 Å². The second-order valence-corrected chi connectivity index (χ2v) is 5.64. The molecule has 0 radical (unpaired) electrons. The van der Waals surface area contributed by atoms with Gasteiger partial charge in [0.25, 0.3) is 0 Å². The van der Waals surface area contributed by atoms with E-state index in [0.717, 1.165) is 11.1 Å². The van der Waals surface area contributed by atoms with Crippen molar-refractivity contribution in [1.82, 2.24) is 0 Å². The number of carbonyl (C=O) groups excluding carboxylic acids is 2. The molecule has 0 aliphatic heterocycles. The minimum absolute atomic E-state index is 0.247. The summed E-state index contributed by atoms with van der Waals surface area (Å²) in [5.74, 6) is -0.251. The third-order valence-corrected chi connectivity index (χ3v) is 3.46. The van der Waals surface area contributed by atoms with Crippen molar-refractivity contribution >= 4 is 29.4 Å². The first-order chi connectivity index (χ1) is 11.4. The van der Waals surface area contributed by atoms with Gasteiger partial charge < -0.3 is 9.47 Å². The van der Waals surface area contributed by atoms with Gasteiger partial charge in [-0.05, 0) is 62.2 Å². The van der Waals surface area contributed by atoms with Gasteiger partial charge in [-0.1, -0.05) is 17.7 Å².